The molecule has 0 aliphatic carbocycles. The molecule has 106 valence electrons. The molecule has 8 heteroatoms. The highest BCUT2D eigenvalue weighted by atomic mass is 16.5. The molecule has 0 rings (SSSR count). The highest BCUT2D eigenvalue weighted by Crippen LogP contribution is 1.84. The summed E-state index contributed by atoms with van der Waals surface area (Å²) in [6.07, 6.45) is 2.40. The summed E-state index contributed by atoms with van der Waals surface area (Å²) in [5.74, 6) is -2.39. The topological polar surface area (TPSA) is 111 Å². The molecule has 0 radical (unpaired) electrons. The number of carbonyl (C=O) groups is 4. The molecule has 0 aromatic heterocycles. The van der Waals surface area contributed by atoms with E-state index in [-0.39, 0.29) is 0 Å². The minimum absolute atomic E-state index is 0.431. The molecule has 0 aliphatic heterocycles. The second-order valence-corrected chi connectivity index (χ2v) is 3.27. The van der Waals surface area contributed by atoms with Crippen LogP contribution < -0.4 is 10.6 Å². The Morgan fingerprint density at radius 2 is 1.74 bits per heavy atom. The fourth-order valence-electron chi connectivity index (χ4n) is 0.834. The molecule has 0 bridgehead atoms. The van der Waals surface area contributed by atoms with Crippen molar-refractivity contribution in [1.29, 1.82) is 0 Å². The minimum Gasteiger partial charge on any atom is -0.466 e. The van der Waals surface area contributed by atoms with E-state index in [1.807, 2.05) is 12.2 Å². The summed E-state index contributed by atoms with van der Waals surface area (Å²) in [6, 6.07) is -0.659. The van der Waals surface area contributed by atoms with E-state index < -0.39 is 30.5 Å². The van der Waals surface area contributed by atoms with Crippen molar-refractivity contribution in [2.75, 3.05) is 20.3 Å². The van der Waals surface area contributed by atoms with Crippen molar-refractivity contribution in [3.8, 4) is 0 Å². The Kier molecular flexibility index (Phi) is 8.42. The smallest absolute Gasteiger partial charge is 0.331 e. The summed E-state index contributed by atoms with van der Waals surface area (Å²) in [4.78, 5) is 43.9. The molecule has 0 saturated heterocycles. The first-order chi connectivity index (χ1) is 8.99. The highest BCUT2D eigenvalue weighted by molar-refractivity contribution is 5.96. The van der Waals surface area contributed by atoms with Crippen molar-refractivity contribution < 1.29 is 28.7 Å². The van der Waals surface area contributed by atoms with Crippen LogP contribution >= 0.6 is 0 Å². The molecular formula is C11H16N2O6. The van der Waals surface area contributed by atoms with Crippen LogP contribution in [0.4, 0.5) is 4.79 Å². The van der Waals surface area contributed by atoms with Gasteiger partial charge in [-0.1, -0.05) is 6.92 Å². The Hall–Kier alpha value is -2.38. The Morgan fingerprint density at radius 1 is 1.11 bits per heavy atom. The fraction of sp³-hybridized carbons (Fsp3) is 0.455. The lowest BCUT2D eigenvalue weighted by Gasteiger charge is -2.05. The molecular weight excluding hydrogens is 256 g/mol. The molecule has 0 atom stereocenters. The number of imide groups is 1. The number of esters is 2. The van der Waals surface area contributed by atoms with Gasteiger partial charge in [0.25, 0.3) is 5.91 Å². The van der Waals surface area contributed by atoms with Crippen LogP contribution in [0.25, 0.3) is 0 Å². The number of nitrogens with one attached hydrogen (secondary N) is 2. The number of urea groups is 1. The van der Waals surface area contributed by atoms with Gasteiger partial charge in [0.2, 0.25) is 0 Å². The summed E-state index contributed by atoms with van der Waals surface area (Å²) in [6.45, 7) is 1.67. The van der Waals surface area contributed by atoms with Gasteiger partial charge in [-0.3, -0.25) is 10.1 Å². The average molecular weight is 272 g/mol. The van der Waals surface area contributed by atoms with E-state index in [9.17, 15) is 19.2 Å². The zero-order chi connectivity index (χ0) is 14.7. The first-order valence-electron chi connectivity index (χ1n) is 5.50. The number of carbonyl (C=O) groups excluding carboxylic acids is 4. The zero-order valence-electron chi connectivity index (χ0n) is 10.7. The molecule has 2 N–H and O–H groups in total. The lowest BCUT2D eigenvalue weighted by atomic mass is 10.5. The number of hydrogen-bond donors (Lipinski definition) is 2. The zero-order valence-corrected chi connectivity index (χ0v) is 10.7. The van der Waals surface area contributed by atoms with E-state index in [0.717, 1.165) is 25.7 Å². The molecule has 3 amide bonds. The van der Waals surface area contributed by atoms with Crippen molar-refractivity contribution in [2.45, 2.75) is 13.3 Å². The molecule has 19 heavy (non-hydrogen) atoms. The quantitative estimate of drug-likeness (QED) is 0.498. The van der Waals surface area contributed by atoms with E-state index in [1.165, 1.54) is 0 Å². The Morgan fingerprint density at radius 3 is 2.32 bits per heavy atom. The van der Waals surface area contributed by atoms with Gasteiger partial charge in [-0.2, -0.15) is 0 Å². The maximum absolute atomic E-state index is 11.2. The first kappa shape index (κ1) is 16.6. The summed E-state index contributed by atoms with van der Waals surface area (Å²) in [5, 5.41) is 4.38. The molecule has 0 heterocycles. The lowest BCUT2D eigenvalue weighted by molar-refractivity contribution is -0.143. The van der Waals surface area contributed by atoms with Gasteiger partial charge in [0, 0.05) is 18.7 Å². The summed E-state index contributed by atoms with van der Waals surface area (Å²) < 4.78 is 8.73. The normalized spacial score (nSPS) is 9.79. The second-order valence-electron chi connectivity index (χ2n) is 3.27. The largest absolute Gasteiger partial charge is 0.466 e. The first-order valence-corrected chi connectivity index (χ1v) is 5.50. The third-order valence-electron chi connectivity index (χ3n) is 1.69. The van der Waals surface area contributed by atoms with Gasteiger partial charge < -0.3 is 14.8 Å². The number of amides is 3. The van der Waals surface area contributed by atoms with Gasteiger partial charge >= 0.3 is 18.0 Å². The van der Waals surface area contributed by atoms with Crippen LogP contribution in [-0.2, 0) is 23.9 Å². The van der Waals surface area contributed by atoms with Crippen molar-refractivity contribution >= 4 is 23.9 Å². The van der Waals surface area contributed by atoms with Gasteiger partial charge in [0.15, 0.2) is 6.61 Å². The Bertz CT molecular complexity index is 377. The van der Waals surface area contributed by atoms with Gasteiger partial charge in [-0.15, -0.1) is 0 Å². The molecule has 0 spiro atoms. The van der Waals surface area contributed by atoms with E-state index in [2.05, 4.69) is 14.8 Å². The molecule has 0 saturated carbocycles. The SMILES string of the molecule is CCCNC(=O)NC(=O)COC(=O)C=CC(=O)OC. The fourth-order valence-corrected chi connectivity index (χ4v) is 0.834. The number of hydrogen-bond acceptors (Lipinski definition) is 6. The van der Waals surface area contributed by atoms with E-state index >= 15 is 0 Å². The minimum atomic E-state index is -0.894. The Labute approximate surface area is 110 Å². The van der Waals surface area contributed by atoms with Crippen molar-refractivity contribution in [3.05, 3.63) is 12.2 Å². The summed E-state index contributed by atoms with van der Waals surface area (Å²) >= 11 is 0. The van der Waals surface area contributed by atoms with Crippen LogP contribution in [0.5, 0.6) is 0 Å². The second kappa shape index (κ2) is 9.63. The van der Waals surface area contributed by atoms with Crippen LogP contribution in [0, 0.1) is 0 Å². The number of methoxy groups -OCH3 is 1. The standard InChI is InChI=1S/C11H16N2O6/c1-3-6-12-11(17)13-8(14)7-19-10(16)5-4-9(15)18-2/h4-5H,3,6-7H2,1-2H3,(H2,12,13,14,17). The Balaban J connectivity index is 3.90. The molecule has 0 aromatic rings. The monoisotopic (exact) mass is 272 g/mol. The molecule has 0 aromatic carbocycles. The van der Waals surface area contributed by atoms with Crippen molar-refractivity contribution in [2.24, 2.45) is 0 Å². The van der Waals surface area contributed by atoms with Crippen LogP contribution in [0.1, 0.15) is 13.3 Å². The van der Waals surface area contributed by atoms with E-state index in [0.29, 0.717) is 6.54 Å². The van der Waals surface area contributed by atoms with Crippen LogP contribution in [0.3, 0.4) is 0 Å². The van der Waals surface area contributed by atoms with Gasteiger partial charge in [-0.05, 0) is 6.42 Å². The molecule has 0 aliphatic rings. The molecule has 8 nitrogen and oxygen atoms in total. The molecule has 0 unspecified atom stereocenters. The van der Waals surface area contributed by atoms with Crippen LogP contribution in [0.15, 0.2) is 12.2 Å². The van der Waals surface area contributed by atoms with Gasteiger partial charge in [-0.25, -0.2) is 14.4 Å². The summed E-state index contributed by atoms with van der Waals surface area (Å²) in [7, 11) is 1.15. The van der Waals surface area contributed by atoms with Crippen molar-refractivity contribution in [3.63, 3.8) is 0 Å². The third kappa shape index (κ3) is 9.33. The maximum atomic E-state index is 11.2. The summed E-state index contributed by atoms with van der Waals surface area (Å²) in [5.41, 5.74) is 0. The maximum Gasteiger partial charge on any atom is 0.331 e. The highest BCUT2D eigenvalue weighted by Gasteiger charge is 2.09. The number of rotatable bonds is 6. The van der Waals surface area contributed by atoms with E-state index in [4.69, 9.17) is 0 Å². The van der Waals surface area contributed by atoms with Crippen LogP contribution in [0.2, 0.25) is 0 Å². The van der Waals surface area contributed by atoms with Gasteiger partial charge in [0.05, 0.1) is 7.11 Å². The number of ether oxygens (including phenoxy) is 2. The average Bonchev–Trinajstić information content (AvgIpc) is 2.39. The predicted molar refractivity (Wildman–Crippen MR) is 63.9 cm³/mol. The van der Waals surface area contributed by atoms with E-state index in [1.54, 1.807) is 0 Å². The third-order valence-corrected chi connectivity index (χ3v) is 1.69. The van der Waals surface area contributed by atoms with Crippen LogP contribution in [-0.4, -0.2) is 44.1 Å². The predicted octanol–water partition coefficient (Wildman–Crippen LogP) is -0.505. The lowest BCUT2D eigenvalue weighted by Crippen LogP contribution is -2.41. The molecule has 0 fully saturated rings. The van der Waals surface area contributed by atoms with Gasteiger partial charge in [0.1, 0.15) is 0 Å². The van der Waals surface area contributed by atoms with Crippen molar-refractivity contribution in [1.82, 2.24) is 10.6 Å².